The number of carbonyl (C=O) groups excluding carboxylic acids is 4. The number of hydrogen-bond acceptors (Lipinski definition) is 8. The van der Waals surface area contributed by atoms with Crippen molar-refractivity contribution in [2.75, 3.05) is 27.3 Å². The third-order valence-corrected chi connectivity index (χ3v) is 15.2. The van der Waals surface area contributed by atoms with Gasteiger partial charge in [0, 0.05) is 13.1 Å². The second kappa shape index (κ2) is 21.1. The van der Waals surface area contributed by atoms with Gasteiger partial charge in [0.05, 0.1) is 50.1 Å². The third-order valence-electron chi connectivity index (χ3n) is 15.2. The van der Waals surface area contributed by atoms with Crippen molar-refractivity contribution in [2.24, 2.45) is 23.7 Å². The highest BCUT2D eigenvalue weighted by atomic mass is 16.5. The van der Waals surface area contributed by atoms with E-state index in [0.717, 1.165) is 98.4 Å². The minimum Gasteiger partial charge on any atom is -0.453 e. The fraction of sp³-hybridized carbons (Fsp3) is 0.464. The predicted molar refractivity (Wildman–Crippen MR) is 271 cm³/mol. The molecule has 368 valence electrons. The number of likely N-dealkylation sites (tertiary alicyclic amines) is 2. The Morgan fingerprint density at radius 2 is 1.19 bits per heavy atom. The summed E-state index contributed by atoms with van der Waals surface area (Å²) in [5.74, 6) is 1.94. The van der Waals surface area contributed by atoms with E-state index in [0.29, 0.717) is 24.9 Å². The van der Waals surface area contributed by atoms with Gasteiger partial charge in [-0.3, -0.25) is 9.59 Å². The number of aromatic nitrogens is 4. The Balaban J connectivity index is 0.947. The molecule has 0 spiro atoms. The summed E-state index contributed by atoms with van der Waals surface area (Å²) < 4.78 is 9.63. The molecule has 4 bridgehead atoms. The van der Waals surface area contributed by atoms with Crippen molar-refractivity contribution in [3.05, 3.63) is 119 Å². The predicted octanol–water partition coefficient (Wildman–Crippen LogP) is 10.5. The molecule has 0 saturated carbocycles. The first kappa shape index (κ1) is 48.3. The molecule has 2 saturated heterocycles. The van der Waals surface area contributed by atoms with E-state index in [-0.39, 0.29) is 35.7 Å². The molecule has 0 unspecified atom stereocenters. The highest BCUT2D eigenvalue weighted by Crippen LogP contribution is 2.46. The number of rotatable bonds is 12. The minimum absolute atomic E-state index is 0.104. The van der Waals surface area contributed by atoms with Gasteiger partial charge >= 0.3 is 12.2 Å². The van der Waals surface area contributed by atoms with Gasteiger partial charge in [0.15, 0.2) is 0 Å². The van der Waals surface area contributed by atoms with Crippen LogP contribution < -0.4 is 10.6 Å². The van der Waals surface area contributed by atoms with Crippen LogP contribution in [0.5, 0.6) is 0 Å². The number of alkyl carbamates (subject to hydrolysis) is 2. The first-order chi connectivity index (χ1) is 33.9. The Bertz CT molecular complexity index is 2690. The maximum atomic E-state index is 13.8. The SMILES string of the molecule is COC(=O)N[C@H](C(=O)N1CCC[C@H]1c1ncc(-c2ccc(C3=CC4=C(c5ccc(-c6cnc([C@@H]7CCCN7C(=O)[C@@H](NC(=O)OC)C(C)C)[nH]6)cc5)C[C@@H]3CC[C@@H]3C=CC(=CC3)CC4)cc2)[nH]1)C(C)C. The lowest BCUT2D eigenvalue weighted by Gasteiger charge is -2.31. The van der Waals surface area contributed by atoms with Gasteiger partial charge in [0.2, 0.25) is 11.8 Å². The summed E-state index contributed by atoms with van der Waals surface area (Å²) in [6.45, 7) is 8.89. The molecule has 4 N–H and O–H groups in total. The molecule has 4 amide bonds. The van der Waals surface area contributed by atoms with Gasteiger partial charge in [-0.25, -0.2) is 19.6 Å². The van der Waals surface area contributed by atoms with E-state index in [4.69, 9.17) is 19.4 Å². The molecule has 2 aromatic carbocycles. The molecule has 6 aliphatic carbocycles. The topological polar surface area (TPSA) is 175 Å². The molecule has 2 fully saturated rings. The van der Waals surface area contributed by atoms with Gasteiger partial charge in [0.1, 0.15) is 23.7 Å². The Labute approximate surface area is 411 Å². The summed E-state index contributed by atoms with van der Waals surface area (Å²) in [5, 5.41) is 5.47. The molecule has 14 heteroatoms. The number of methoxy groups -OCH3 is 2. The number of ether oxygens (including phenoxy) is 2. The van der Waals surface area contributed by atoms with E-state index in [2.05, 4.69) is 93.4 Å². The largest absolute Gasteiger partial charge is 0.453 e. The summed E-state index contributed by atoms with van der Waals surface area (Å²) >= 11 is 0. The van der Waals surface area contributed by atoms with Crippen LogP contribution >= 0.6 is 0 Å². The van der Waals surface area contributed by atoms with E-state index in [9.17, 15) is 19.2 Å². The van der Waals surface area contributed by atoms with E-state index < -0.39 is 24.3 Å². The Morgan fingerprint density at radius 1 is 0.671 bits per heavy atom. The molecule has 2 aliphatic heterocycles. The van der Waals surface area contributed by atoms with Crippen molar-refractivity contribution in [1.82, 2.24) is 40.4 Å². The number of benzene rings is 2. The summed E-state index contributed by atoms with van der Waals surface area (Å²) in [6.07, 6.45) is 21.8. The second-order valence-electron chi connectivity index (χ2n) is 20.3. The van der Waals surface area contributed by atoms with Gasteiger partial charge in [-0.05, 0) is 127 Å². The van der Waals surface area contributed by atoms with Crippen LogP contribution in [0.3, 0.4) is 0 Å². The van der Waals surface area contributed by atoms with E-state index in [1.807, 2.05) is 49.9 Å². The summed E-state index contributed by atoms with van der Waals surface area (Å²) in [4.78, 5) is 72.1. The van der Waals surface area contributed by atoms with Crippen LogP contribution in [-0.2, 0) is 19.1 Å². The number of carbonyl (C=O) groups is 4. The Morgan fingerprint density at radius 3 is 1.67 bits per heavy atom. The maximum absolute atomic E-state index is 13.8. The lowest BCUT2D eigenvalue weighted by atomic mass is 9.73. The summed E-state index contributed by atoms with van der Waals surface area (Å²) in [7, 11) is 2.61. The summed E-state index contributed by atoms with van der Waals surface area (Å²) in [5.41, 5.74) is 11.9. The van der Waals surface area contributed by atoms with Crippen molar-refractivity contribution in [2.45, 2.75) is 116 Å². The average molecular weight is 949 g/mol. The second-order valence-corrected chi connectivity index (χ2v) is 20.3. The number of aromatic amines is 2. The van der Waals surface area contributed by atoms with Crippen molar-refractivity contribution < 1.29 is 28.7 Å². The van der Waals surface area contributed by atoms with Crippen LogP contribution in [0.2, 0.25) is 0 Å². The number of amides is 4. The van der Waals surface area contributed by atoms with Crippen LogP contribution in [0.4, 0.5) is 9.59 Å². The van der Waals surface area contributed by atoms with Crippen LogP contribution in [0.15, 0.2) is 96.4 Å². The molecule has 6 atom stereocenters. The standard InChI is InChI=1S/C56H68N8O6/c1-33(2)49(61-55(67)69-5)53(65)63-27-7-9-47(63)51-57-31-45(59-51)39-23-19-37(20-24-39)43-29-42-18-16-36-13-11-35(12-14-36)15-17-41(43)30-44(42)38-21-25-40(26-22-38)46-32-58-52(60-46)48-10-8-28-64(48)54(66)50(34(3)4)62-56(68)70-6/h11-13,19-26,30-34,36,42,47-50H,7-10,14-18,27-29H2,1-6H3,(H,57,59)(H,58,60)(H,61,67)(H,62,68)/t36-,42+,47+,48+,49+,50+/m1/s1. The molecule has 4 heterocycles. The van der Waals surface area contributed by atoms with E-state index >= 15 is 0 Å². The van der Waals surface area contributed by atoms with Gasteiger partial charge in [0.25, 0.3) is 0 Å². The molecule has 2 aromatic heterocycles. The number of nitrogens with one attached hydrogen (secondary N) is 4. The number of imidazole rings is 2. The van der Waals surface area contributed by atoms with E-state index in [1.54, 1.807) is 0 Å². The molecular weight excluding hydrogens is 881 g/mol. The molecular formula is C56H68N8O6. The third kappa shape index (κ3) is 10.3. The minimum atomic E-state index is -0.687. The van der Waals surface area contributed by atoms with Gasteiger partial charge < -0.3 is 39.9 Å². The fourth-order valence-corrected chi connectivity index (χ4v) is 11.2. The number of hydrogen-bond donors (Lipinski definition) is 4. The van der Waals surface area contributed by atoms with Gasteiger partial charge in [-0.2, -0.15) is 0 Å². The van der Waals surface area contributed by atoms with Crippen molar-refractivity contribution >= 4 is 35.1 Å². The van der Waals surface area contributed by atoms with Crippen LogP contribution in [0.25, 0.3) is 33.7 Å². The van der Waals surface area contributed by atoms with Crippen molar-refractivity contribution in [3.8, 4) is 22.5 Å². The molecule has 4 aromatic rings. The van der Waals surface area contributed by atoms with E-state index in [1.165, 1.54) is 47.6 Å². The number of nitrogens with zero attached hydrogens (tertiary/aromatic N) is 4. The fourth-order valence-electron chi connectivity index (χ4n) is 11.2. The lowest BCUT2D eigenvalue weighted by Crippen LogP contribution is -2.51. The Hall–Kier alpha value is -6.70. The average Bonchev–Trinajstić information content (AvgIpc) is 4.23. The molecule has 12 rings (SSSR count). The quantitative estimate of drug-likeness (QED) is 0.109. The smallest absolute Gasteiger partial charge is 0.407 e. The zero-order valence-electron chi connectivity index (χ0n) is 41.4. The van der Waals surface area contributed by atoms with Crippen molar-refractivity contribution in [1.29, 1.82) is 0 Å². The van der Waals surface area contributed by atoms with Crippen LogP contribution in [-0.4, -0.2) is 93.1 Å². The van der Waals surface area contributed by atoms with Crippen LogP contribution in [0, 0.1) is 23.7 Å². The highest BCUT2D eigenvalue weighted by molar-refractivity contribution is 5.88. The normalized spacial score (nSPS) is 22.1. The highest BCUT2D eigenvalue weighted by Gasteiger charge is 2.39. The molecule has 70 heavy (non-hydrogen) atoms. The zero-order valence-corrected chi connectivity index (χ0v) is 41.4. The zero-order chi connectivity index (χ0) is 49.1. The molecule has 0 radical (unpaired) electrons. The van der Waals surface area contributed by atoms with Gasteiger partial charge in [-0.15, -0.1) is 0 Å². The van der Waals surface area contributed by atoms with Gasteiger partial charge in [-0.1, -0.05) is 106 Å². The maximum Gasteiger partial charge on any atom is 0.407 e. The first-order valence-corrected chi connectivity index (χ1v) is 25.3. The van der Waals surface area contributed by atoms with Crippen molar-refractivity contribution in [3.63, 3.8) is 0 Å². The first-order valence-electron chi connectivity index (χ1n) is 25.3. The monoisotopic (exact) mass is 949 g/mol. The van der Waals surface area contributed by atoms with Crippen LogP contribution in [0.1, 0.15) is 127 Å². The lowest BCUT2D eigenvalue weighted by molar-refractivity contribution is -0.136. The molecule has 8 aliphatic rings. The number of allylic oxidation sites excluding steroid dienone is 8. The number of H-pyrrole nitrogens is 2. The summed E-state index contributed by atoms with van der Waals surface area (Å²) in [6, 6.07) is 16.0. The Kier molecular flexibility index (Phi) is 14.6. The molecule has 14 nitrogen and oxygen atoms in total.